The van der Waals surface area contributed by atoms with Crippen LogP contribution in [0.5, 0.6) is 0 Å². The molecule has 1 atom stereocenters. The lowest BCUT2D eigenvalue weighted by Gasteiger charge is -2.16. The fraction of sp³-hybridized carbons (Fsp3) is 0.318. The van der Waals surface area contributed by atoms with Crippen molar-refractivity contribution in [1.82, 2.24) is 14.8 Å². The summed E-state index contributed by atoms with van der Waals surface area (Å²) >= 11 is 0. The number of hydrogen-bond donors (Lipinski definition) is 2. The van der Waals surface area contributed by atoms with E-state index in [9.17, 15) is 26.4 Å². The van der Waals surface area contributed by atoms with Crippen molar-refractivity contribution in [3.8, 4) is 11.3 Å². The van der Waals surface area contributed by atoms with Gasteiger partial charge in [-0.05, 0) is 30.7 Å². The van der Waals surface area contributed by atoms with Gasteiger partial charge >= 0.3 is 6.18 Å². The number of aromatic nitrogens is 3. The first-order valence-corrected chi connectivity index (χ1v) is 12.4. The zero-order valence-electron chi connectivity index (χ0n) is 18.8. The summed E-state index contributed by atoms with van der Waals surface area (Å²) in [7, 11) is -3.93. The Labute approximate surface area is 199 Å². The molecule has 186 valence electrons. The van der Waals surface area contributed by atoms with E-state index in [0.29, 0.717) is 30.5 Å². The number of ether oxygens (including phenoxy) is 1. The molecule has 1 saturated heterocycles. The van der Waals surface area contributed by atoms with Crippen LogP contribution in [0.4, 0.5) is 30.4 Å². The van der Waals surface area contributed by atoms with Crippen molar-refractivity contribution in [1.29, 1.82) is 0 Å². The predicted octanol–water partition coefficient (Wildman–Crippen LogP) is 4.03. The van der Waals surface area contributed by atoms with E-state index in [-0.39, 0.29) is 29.1 Å². The van der Waals surface area contributed by atoms with Gasteiger partial charge in [0.15, 0.2) is 9.84 Å². The molecule has 0 bridgehead atoms. The number of nitrogens with zero attached hydrogens (tertiary/aromatic N) is 3. The summed E-state index contributed by atoms with van der Waals surface area (Å²) in [5.41, 5.74) is -0.0293. The summed E-state index contributed by atoms with van der Waals surface area (Å²) in [4.78, 5) is 15.2. The minimum atomic E-state index is -4.76. The molecule has 1 fully saturated rings. The number of alkyl halides is 3. The van der Waals surface area contributed by atoms with Crippen LogP contribution in [0.2, 0.25) is 0 Å². The highest BCUT2D eigenvalue weighted by atomic mass is 32.2. The fourth-order valence-electron chi connectivity index (χ4n) is 3.63. The van der Waals surface area contributed by atoms with Gasteiger partial charge in [0.05, 0.1) is 34.5 Å². The number of carbonyl (C=O) groups is 1. The quantitative estimate of drug-likeness (QED) is 0.516. The Kier molecular flexibility index (Phi) is 6.56. The van der Waals surface area contributed by atoms with E-state index in [2.05, 4.69) is 20.7 Å². The monoisotopic (exact) mass is 509 g/mol. The molecule has 1 aromatic carbocycles. The number of rotatable bonds is 6. The van der Waals surface area contributed by atoms with E-state index in [1.54, 1.807) is 16.9 Å². The number of pyridine rings is 1. The van der Waals surface area contributed by atoms with Crippen LogP contribution < -0.4 is 10.6 Å². The summed E-state index contributed by atoms with van der Waals surface area (Å²) in [6.45, 7) is 2.43. The predicted molar refractivity (Wildman–Crippen MR) is 122 cm³/mol. The summed E-state index contributed by atoms with van der Waals surface area (Å²) in [6.07, 6.45) is 0.0628. The molecule has 13 heteroatoms. The third-order valence-electron chi connectivity index (χ3n) is 5.31. The second kappa shape index (κ2) is 9.30. The second-order valence-corrected chi connectivity index (χ2v) is 10.2. The van der Waals surface area contributed by atoms with Gasteiger partial charge in [-0.15, -0.1) is 0 Å². The Morgan fingerprint density at radius 1 is 1.23 bits per heavy atom. The van der Waals surface area contributed by atoms with Gasteiger partial charge in [-0.3, -0.25) is 9.48 Å². The maximum absolute atomic E-state index is 13.5. The molecule has 2 N–H and O–H groups in total. The third kappa shape index (κ3) is 5.80. The van der Waals surface area contributed by atoms with Gasteiger partial charge in [-0.25, -0.2) is 13.4 Å². The maximum atomic E-state index is 13.5. The molecule has 4 rings (SSSR count). The van der Waals surface area contributed by atoms with Crippen LogP contribution in [-0.4, -0.2) is 48.6 Å². The molecule has 0 unspecified atom stereocenters. The van der Waals surface area contributed by atoms with Crippen LogP contribution in [-0.2, 0) is 25.5 Å². The van der Waals surface area contributed by atoms with Gasteiger partial charge in [-0.2, -0.15) is 18.3 Å². The highest BCUT2D eigenvalue weighted by Crippen LogP contribution is 2.36. The number of benzene rings is 1. The standard InChI is InChI=1S/C22H22F3N5O4S/c1-13(31)27-21-10-20(18(11-26-21)19-3-5-30(29-19)16-4-6-34-12-16)28-15-7-14(22(23,24)25)8-17(9-15)35(2,32)33/h3,5,7-11,16H,4,6,12H2,1-2H3,(H2,26,27,28,31)/t16-/m1/s1. The SMILES string of the molecule is CC(=O)Nc1cc(Nc2cc(C(F)(F)F)cc(S(C)(=O)=O)c2)c(-c2ccn([C@@H]3CCOC3)n2)cn1. The smallest absolute Gasteiger partial charge is 0.379 e. The Balaban J connectivity index is 1.79. The number of nitrogens with one attached hydrogen (secondary N) is 2. The zero-order valence-corrected chi connectivity index (χ0v) is 19.6. The van der Waals surface area contributed by atoms with Crippen molar-refractivity contribution < 1.29 is 31.1 Å². The lowest BCUT2D eigenvalue weighted by molar-refractivity contribution is -0.137. The molecular weight excluding hydrogens is 487 g/mol. The first kappa shape index (κ1) is 24.7. The number of hydrogen-bond acceptors (Lipinski definition) is 7. The molecule has 0 spiro atoms. The van der Waals surface area contributed by atoms with Gasteiger partial charge in [0.25, 0.3) is 0 Å². The number of amides is 1. The molecule has 2 aromatic heterocycles. The second-order valence-electron chi connectivity index (χ2n) is 8.14. The molecule has 1 aliphatic rings. The van der Waals surface area contributed by atoms with Crippen LogP contribution in [0.15, 0.2) is 47.6 Å². The molecule has 1 aliphatic heterocycles. The summed E-state index contributed by atoms with van der Waals surface area (Å²) < 4.78 is 71.6. The molecule has 3 aromatic rings. The van der Waals surface area contributed by atoms with Crippen molar-refractivity contribution in [2.24, 2.45) is 0 Å². The van der Waals surface area contributed by atoms with Crippen molar-refractivity contribution in [2.75, 3.05) is 30.1 Å². The van der Waals surface area contributed by atoms with Crippen molar-refractivity contribution in [2.45, 2.75) is 30.5 Å². The van der Waals surface area contributed by atoms with Crippen molar-refractivity contribution >= 4 is 32.9 Å². The molecule has 9 nitrogen and oxygen atoms in total. The van der Waals surface area contributed by atoms with Crippen LogP contribution in [0.25, 0.3) is 11.3 Å². The molecule has 0 radical (unpaired) electrons. The first-order chi connectivity index (χ1) is 16.4. The molecular formula is C22H22F3N5O4S. The van der Waals surface area contributed by atoms with Gasteiger partial charge in [0, 0.05) is 49.5 Å². The lowest BCUT2D eigenvalue weighted by atomic mass is 10.1. The molecule has 1 amide bonds. The summed E-state index contributed by atoms with van der Waals surface area (Å²) in [5, 5.41) is 9.94. The van der Waals surface area contributed by atoms with Crippen LogP contribution in [0.1, 0.15) is 24.9 Å². The largest absolute Gasteiger partial charge is 0.416 e. The Morgan fingerprint density at radius 3 is 2.63 bits per heavy atom. The molecule has 3 heterocycles. The first-order valence-electron chi connectivity index (χ1n) is 10.5. The average Bonchev–Trinajstić information content (AvgIpc) is 3.44. The normalized spacial score (nSPS) is 16.3. The van der Waals surface area contributed by atoms with E-state index in [1.165, 1.54) is 19.2 Å². The van der Waals surface area contributed by atoms with E-state index in [1.807, 2.05) is 0 Å². The summed E-state index contributed by atoms with van der Waals surface area (Å²) in [6, 6.07) is 5.74. The lowest BCUT2D eigenvalue weighted by Crippen LogP contribution is -2.10. The van der Waals surface area contributed by atoms with Crippen molar-refractivity contribution in [3.05, 3.63) is 48.3 Å². The highest BCUT2D eigenvalue weighted by molar-refractivity contribution is 7.90. The molecule has 0 aliphatic carbocycles. The maximum Gasteiger partial charge on any atom is 0.416 e. The number of halogens is 3. The molecule has 0 saturated carbocycles. The Hall–Kier alpha value is -3.45. The van der Waals surface area contributed by atoms with Crippen LogP contribution in [0.3, 0.4) is 0 Å². The number of anilines is 3. The van der Waals surface area contributed by atoms with Crippen LogP contribution in [0, 0.1) is 0 Å². The zero-order chi connectivity index (χ0) is 25.4. The van der Waals surface area contributed by atoms with E-state index in [0.717, 1.165) is 24.8 Å². The van der Waals surface area contributed by atoms with E-state index in [4.69, 9.17) is 4.74 Å². The van der Waals surface area contributed by atoms with Gasteiger partial charge in [0.1, 0.15) is 5.82 Å². The Bertz CT molecular complexity index is 1370. The van der Waals surface area contributed by atoms with Gasteiger partial charge in [0.2, 0.25) is 5.91 Å². The van der Waals surface area contributed by atoms with Crippen LogP contribution >= 0.6 is 0 Å². The number of carbonyl (C=O) groups excluding carboxylic acids is 1. The number of sulfone groups is 1. The Morgan fingerprint density at radius 2 is 2.00 bits per heavy atom. The third-order valence-corrected chi connectivity index (χ3v) is 6.41. The molecule has 35 heavy (non-hydrogen) atoms. The fourth-order valence-corrected chi connectivity index (χ4v) is 4.31. The average molecular weight is 510 g/mol. The van der Waals surface area contributed by atoms with E-state index < -0.39 is 26.5 Å². The highest BCUT2D eigenvalue weighted by Gasteiger charge is 2.32. The van der Waals surface area contributed by atoms with Crippen molar-refractivity contribution in [3.63, 3.8) is 0 Å². The summed E-state index contributed by atoms with van der Waals surface area (Å²) in [5.74, 6) is -0.233. The topological polar surface area (TPSA) is 115 Å². The minimum absolute atomic E-state index is 0.0626. The van der Waals surface area contributed by atoms with Gasteiger partial charge in [-0.1, -0.05) is 0 Å². The van der Waals surface area contributed by atoms with Gasteiger partial charge < -0.3 is 15.4 Å². The minimum Gasteiger partial charge on any atom is -0.379 e. The van der Waals surface area contributed by atoms with E-state index >= 15 is 0 Å².